The molecule has 0 radical (unpaired) electrons. The van der Waals surface area contributed by atoms with Crippen molar-refractivity contribution in [2.24, 2.45) is 0 Å². The lowest BCUT2D eigenvalue weighted by Gasteiger charge is -2.30. The summed E-state index contributed by atoms with van der Waals surface area (Å²) in [7, 11) is 0. The normalized spacial score (nSPS) is 18.7. The molecule has 0 N–H and O–H groups in total. The molecule has 2 nitrogen and oxygen atoms in total. The lowest BCUT2D eigenvalue weighted by molar-refractivity contribution is 0.0980. The fourth-order valence-corrected chi connectivity index (χ4v) is 5.00. The van der Waals surface area contributed by atoms with Crippen LogP contribution in [0.2, 0.25) is 0 Å². The van der Waals surface area contributed by atoms with E-state index in [2.05, 4.69) is 31.2 Å². The SMILES string of the molecule is Cc1ccc([C@@H]2CC=C(C(=O)c3ccccc3)S[C@H]2C(=O)c2ccccc2)cc1. The van der Waals surface area contributed by atoms with E-state index in [-0.39, 0.29) is 22.7 Å². The molecule has 0 fully saturated rings. The van der Waals surface area contributed by atoms with Crippen molar-refractivity contribution in [2.75, 3.05) is 0 Å². The molecular weight excluding hydrogens is 376 g/mol. The summed E-state index contributed by atoms with van der Waals surface area (Å²) < 4.78 is 0. The number of benzene rings is 3. The minimum Gasteiger partial charge on any atom is -0.293 e. The van der Waals surface area contributed by atoms with Crippen LogP contribution in [0.1, 0.15) is 44.2 Å². The second-order valence-electron chi connectivity index (χ2n) is 7.29. The fourth-order valence-electron chi connectivity index (χ4n) is 3.63. The maximum Gasteiger partial charge on any atom is 0.199 e. The lowest BCUT2D eigenvalue weighted by atomic mass is 9.87. The molecule has 3 heteroatoms. The zero-order valence-electron chi connectivity index (χ0n) is 16.2. The van der Waals surface area contributed by atoms with E-state index >= 15 is 0 Å². The largest absolute Gasteiger partial charge is 0.293 e. The molecule has 3 aromatic rings. The Morgan fingerprint density at radius 2 is 1.38 bits per heavy atom. The Morgan fingerprint density at radius 3 is 2.00 bits per heavy atom. The molecule has 2 atom stereocenters. The molecule has 0 saturated heterocycles. The third-order valence-corrected chi connectivity index (χ3v) is 6.66. The lowest BCUT2D eigenvalue weighted by Crippen LogP contribution is -2.29. The number of rotatable bonds is 5. The van der Waals surface area contributed by atoms with Gasteiger partial charge in [0.1, 0.15) is 0 Å². The average Bonchev–Trinajstić information content (AvgIpc) is 2.79. The third-order valence-electron chi connectivity index (χ3n) is 5.26. The second-order valence-corrected chi connectivity index (χ2v) is 8.47. The summed E-state index contributed by atoms with van der Waals surface area (Å²) in [5.41, 5.74) is 3.68. The van der Waals surface area contributed by atoms with Crippen molar-refractivity contribution in [3.8, 4) is 0 Å². The summed E-state index contributed by atoms with van der Waals surface area (Å²) >= 11 is 1.41. The summed E-state index contributed by atoms with van der Waals surface area (Å²) in [5.74, 6) is 0.108. The molecule has 0 aliphatic carbocycles. The number of allylic oxidation sites excluding steroid dienone is 2. The third kappa shape index (κ3) is 4.25. The van der Waals surface area contributed by atoms with Crippen molar-refractivity contribution in [1.29, 1.82) is 0 Å². The maximum absolute atomic E-state index is 13.4. The summed E-state index contributed by atoms with van der Waals surface area (Å²) in [4.78, 5) is 27.0. The number of thioether (sulfide) groups is 1. The summed E-state index contributed by atoms with van der Waals surface area (Å²) in [5, 5.41) is -0.326. The molecule has 4 rings (SSSR count). The van der Waals surface area contributed by atoms with Gasteiger partial charge >= 0.3 is 0 Å². The number of carbonyl (C=O) groups excluding carboxylic acids is 2. The Morgan fingerprint density at radius 1 is 0.793 bits per heavy atom. The van der Waals surface area contributed by atoms with Gasteiger partial charge in [0, 0.05) is 17.0 Å². The Labute approximate surface area is 175 Å². The molecule has 29 heavy (non-hydrogen) atoms. The smallest absolute Gasteiger partial charge is 0.199 e. The second kappa shape index (κ2) is 8.62. The molecule has 1 aliphatic rings. The minimum absolute atomic E-state index is 0.0104. The van der Waals surface area contributed by atoms with Crippen LogP contribution in [0, 0.1) is 6.92 Å². The zero-order valence-corrected chi connectivity index (χ0v) is 17.1. The van der Waals surface area contributed by atoms with Gasteiger partial charge in [0.05, 0.1) is 10.2 Å². The predicted molar refractivity (Wildman–Crippen MR) is 120 cm³/mol. The van der Waals surface area contributed by atoms with Gasteiger partial charge in [-0.2, -0.15) is 0 Å². The van der Waals surface area contributed by atoms with Crippen LogP contribution in [-0.4, -0.2) is 16.8 Å². The van der Waals surface area contributed by atoms with Crippen molar-refractivity contribution in [3.63, 3.8) is 0 Å². The Bertz CT molecular complexity index is 1040. The van der Waals surface area contributed by atoms with Gasteiger partial charge in [0.15, 0.2) is 11.6 Å². The number of aryl methyl sites for hydroxylation is 1. The first-order chi connectivity index (χ1) is 14.1. The summed E-state index contributed by atoms with van der Waals surface area (Å²) in [6.45, 7) is 2.06. The van der Waals surface area contributed by atoms with Crippen molar-refractivity contribution >= 4 is 23.3 Å². The summed E-state index contributed by atoms with van der Waals surface area (Å²) in [6, 6.07) is 27.0. The van der Waals surface area contributed by atoms with Crippen LogP contribution >= 0.6 is 11.8 Å². The number of ketones is 2. The molecule has 0 saturated carbocycles. The van der Waals surface area contributed by atoms with Crippen LogP contribution in [0.25, 0.3) is 0 Å². The van der Waals surface area contributed by atoms with E-state index < -0.39 is 0 Å². The first kappa shape index (κ1) is 19.4. The standard InChI is InChI=1S/C26H22O2S/c1-18-12-14-19(15-13-18)22-16-17-23(24(27)20-8-4-2-5-9-20)29-26(22)25(28)21-10-6-3-7-11-21/h2-15,17,22,26H,16H2,1H3/t22-,26+/m0/s1. The minimum atomic E-state index is -0.326. The van der Waals surface area contributed by atoms with Crippen LogP contribution in [0.5, 0.6) is 0 Å². The molecule has 0 aromatic heterocycles. The highest BCUT2D eigenvalue weighted by Gasteiger charge is 2.35. The van der Waals surface area contributed by atoms with Crippen molar-refractivity contribution in [2.45, 2.75) is 24.5 Å². The van der Waals surface area contributed by atoms with Gasteiger partial charge in [-0.05, 0) is 18.9 Å². The Kier molecular flexibility index (Phi) is 5.77. The van der Waals surface area contributed by atoms with Gasteiger partial charge in [-0.15, -0.1) is 11.8 Å². The van der Waals surface area contributed by atoms with Gasteiger partial charge < -0.3 is 0 Å². The van der Waals surface area contributed by atoms with Crippen LogP contribution in [0.15, 0.2) is 95.9 Å². The van der Waals surface area contributed by atoms with E-state index in [1.54, 1.807) is 0 Å². The Hall–Kier alpha value is -2.91. The fraction of sp³-hybridized carbons (Fsp3) is 0.154. The number of hydrogen-bond donors (Lipinski definition) is 0. The van der Waals surface area contributed by atoms with E-state index in [0.717, 1.165) is 5.56 Å². The highest BCUT2D eigenvalue weighted by Crippen LogP contribution is 2.43. The van der Waals surface area contributed by atoms with Crippen molar-refractivity contribution in [3.05, 3.63) is 118 Å². The van der Waals surface area contributed by atoms with E-state index in [0.29, 0.717) is 22.5 Å². The van der Waals surface area contributed by atoms with Gasteiger partial charge in [-0.25, -0.2) is 0 Å². The molecule has 3 aromatic carbocycles. The zero-order chi connectivity index (χ0) is 20.2. The van der Waals surface area contributed by atoms with Gasteiger partial charge in [0.25, 0.3) is 0 Å². The van der Waals surface area contributed by atoms with E-state index in [9.17, 15) is 9.59 Å². The Balaban J connectivity index is 1.69. The molecule has 0 spiro atoms. The average molecular weight is 399 g/mol. The first-order valence-corrected chi connectivity index (χ1v) is 10.6. The van der Waals surface area contributed by atoms with Gasteiger partial charge in [-0.1, -0.05) is 96.6 Å². The highest BCUT2D eigenvalue weighted by molar-refractivity contribution is 8.05. The molecule has 0 amide bonds. The van der Waals surface area contributed by atoms with Crippen LogP contribution in [0.4, 0.5) is 0 Å². The number of hydrogen-bond acceptors (Lipinski definition) is 3. The first-order valence-electron chi connectivity index (χ1n) is 9.76. The molecule has 0 unspecified atom stereocenters. The highest BCUT2D eigenvalue weighted by atomic mass is 32.2. The number of Topliss-reactive ketones (excluding diaryl/α,β-unsaturated/α-hetero) is 2. The number of carbonyl (C=O) groups is 2. The topological polar surface area (TPSA) is 34.1 Å². The van der Waals surface area contributed by atoms with Crippen LogP contribution in [0.3, 0.4) is 0 Å². The van der Waals surface area contributed by atoms with Gasteiger partial charge in [-0.3, -0.25) is 9.59 Å². The molecule has 1 aliphatic heterocycles. The van der Waals surface area contributed by atoms with E-state index in [4.69, 9.17) is 0 Å². The van der Waals surface area contributed by atoms with Crippen LogP contribution < -0.4 is 0 Å². The van der Waals surface area contributed by atoms with Crippen LogP contribution in [-0.2, 0) is 0 Å². The monoisotopic (exact) mass is 398 g/mol. The molecular formula is C26H22O2S. The summed E-state index contributed by atoms with van der Waals surface area (Å²) in [6.07, 6.45) is 2.67. The maximum atomic E-state index is 13.4. The molecule has 144 valence electrons. The van der Waals surface area contributed by atoms with E-state index in [1.807, 2.05) is 66.7 Å². The van der Waals surface area contributed by atoms with E-state index in [1.165, 1.54) is 17.3 Å². The van der Waals surface area contributed by atoms with Crippen molar-refractivity contribution < 1.29 is 9.59 Å². The molecule has 0 bridgehead atoms. The van der Waals surface area contributed by atoms with Gasteiger partial charge in [0.2, 0.25) is 0 Å². The predicted octanol–water partition coefficient (Wildman–Crippen LogP) is 6.23. The quantitative estimate of drug-likeness (QED) is 0.478. The van der Waals surface area contributed by atoms with Crippen molar-refractivity contribution in [1.82, 2.24) is 0 Å². The molecule has 1 heterocycles.